The van der Waals surface area contributed by atoms with E-state index in [0.29, 0.717) is 6.54 Å². The first-order valence-electron chi connectivity index (χ1n) is 16.3. The molecule has 45 heavy (non-hydrogen) atoms. The fourth-order valence-electron chi connectivity index (χ4n) is 6.22. The number of amides is 1. The largest absolute Gasteiger partial charge is 0.453 e. The molecule has 8 nitrogen and oxygen atoms in total. The van der Waals surface area contributed by atoms with E-state index in [4.69, 9.17) is 14.2 Å². The monoisotopic (exact) mass is 614 g/mol. The molecule has 8 heteroatoms. The van der Waals surface area contributed by atoms with Crippen molar-refractivity contribution >= 4 is 11.9 Å². The Hall–Kier alpha value is -3.56. The number of hydrogen-bond donors (Lipinski definition) is 2. The van der Waals surface area contributed by atoms with Crippen LogP contribution in [0.2, 0.25) is 0 Å². The van der Waals surface area contributed by atoms with Gasteiger partial charge in [0.2, 0.25) is 0 Å². The minimum atomic E-state index is -0.853. The van der Waals surface area contributed by atoms with Crippen molar-refractivity contribution in [3.63, 3.8) is 0 Å². The zero-order chi connectivity index (χ0) is 31.6. The Morgan fingerprint density at radius 2 is 1.58 bits per heavy atom. The Bertz CT molecular complexity index is 1380. The molecule has 0 spiro atoms. The molecule has 240 valence electrons. The molecule has 0 bridgehead atoms. The van der Waals surface area contributed by atoms with E-state index < -0.39 is 18.4 Å². The number of rotatable bonds is 10. The number of ether oxygens (including phenoxy) is 3. The molecule has 0 aromatic heterocycles. The van der Waals surface area contributed by atoms with Gasteiger partial charge in [-0.05, 0) is 60.7 Å². The van der Waals surface area contributed by atoms with Crippen LogP contribution in [0, 0.1) is 0 Å². The van der Waals surface area contributed by atoms with E-state index in [1.54, 1.807) is 6.92 Å². The van der Waals surface area contributed by atoms with Crippen LogP contribution in [0.15, 0.2) is 72.8 Å². The lowest BCUT2D eigenvalue weighted by atomic mass is 9.97. The van der Waals surface area contributed by atoms with Gasteiger partial charge in [-0.25, -0.2) is 0 Å². The molecule has 2 aliphatic rings. The standard InChI is InChI=1S/C37H46N2O6/c1-26(43-27(2)41)36(42)38-23-32-10-6-7-11-34(32)29-16-18-31(19-17-29)37-44-33(24-39-20-8-4-3-5-9-21-39)22-35(45-37)30-14-12-28(25-40)13-15-30/h6-7,10-19,26,33,35,37,40H,3-5,8-9,20-25H2,1-2H3,(H,38,42)/t26-,33-,35+,37+/m0/s1. The Morgan fingerprint density at radius 1 is 0.911 bits per heavy atom. The van der Waals surface area contributed by atoms with Crippen LogP contribution in [0.3, 0.4) is 0 Å². The number of carbonyl (C=O) groups excluding carboxylic acids is 2. The maximum atomic E-state index is 12.4. The maximum absolute atomic E-state index is 12.4. The van der Waals surface area contributed by atoms with Gasteiger partial charge in [0.15, 0.2) is 12.4 Å². The zero-order valence-corrected chi connectivity index (χ0v) is 26.5. The lowest BCUT2D eigenvalue weighted by molar-refractivity contribution is -0.253. The van der Waals surface area contributed by atoms with E-state index in [1.165, 1.54) is 39.0 Å². The molecule has 0 radical (unpaired) electrons. The van der Waals surface area contributed by atoms with Gasteiger partial charge in [-0.15, -0.1) is 0 Å². The summed E-state index contributed by atoms with van der Waals surface area (Å²) in [5.74, 6) is -0.827. The molecule has 1 amide bonds. The summed E-state index contributed by atoms with van der Waals surface area (Å²) in [5, 5.41) is 12.4. The van der Waals surface area contributed by atoms with Crippen molar-refractivity contribution in [2.24, 2.45) is 0 Å². The summed E-state index contributed by atoms with van der Waals surface area (Å²) < 4.78 is 18.2. The van der Waals surface area contributed by atoms with Crippen molar-refractivity contribution in [2.45, 2.75) is 90.1 Å². The van der Waals surface area contributed by atoms with Crippen molar-refractivity contribution in [3.8, 4) is 11.1 Å². The van der Waals surface area contributed by atoms with Gasteiger partial charge < -0.3 is 29.5 Å². The molecular weight excluding hydrogens is 568 g/mol. The smallest absolute Gasteiger partial charge is 0.303 e. The number of aliphatic hydroxyl groups excluding tert-OH is 1. The highest BCUT2D eigenvalue weighted by molar-refractivity contribution is 5.83. The summed E-state index contributed by atoms with van der Waals surface area (Å²) in [6.07, 6.45) is 5.72. The molecule has 5 rings (SSSR count). The molecule has 2 aliphatic heterocycles. The summed E-state index contributed by atoms with van der Waals surface area (Å²) in [6, 6.07) is 24.2. The number of esters is 1. The average Bonchev–Trinajstić information content (AvgIpc) is 3.04. The van der Waals surface area contributed by atoms with E-state index in [2.05, 4.69) is 46.6 Å². The Labute approximate surface area is 266 Å². The SMILES string of the molecule is CC(=O)O[C@@H](C)C(=O)NCc1ccccc1-c1ccc([C@@H]2O[C@H](CN3CCCCCCC3)C[C@H](c3ccc(CO)cc3)O2)cc1. The van der Waals surface area contributed by atoms with E-state index in [9.17, 15) is 14.7 Å². The molecule has 0 aliphatic carbocycles. The summed E-state index contributed by atoms with van der Waals surface area (Å²) in [4.78, 5) is 26.2. The van der Waals surface area contributed by atoms with E-state index >= 15 is 0 Å². The third-order valence-corrected chi connectivity index (χ3v) is 8.70. The molecule has 0 unspecified atom stereocenters. The molecule has 2 fully saturated rings. The van der Waals surface area contributed by atoms with Crippen molar-refractivity contribution in [1.82, 2.24) is 10.2 Å². The molecular formula is C37H46N2O6. The number of likely N-dealkylation sites (tertiary alicyclic amines) is 1. The molecule has 2 heterocycles. The van der Waals surface area contributed by atoms with Crippen LogP contribution in [-0.4, -0.2) is 53.7 Å². The van der Waals surface area contributed by atoms with Crippen LogP contribution < -0.4 is 5.32 Å². The molecule has 3 aromatic rings. The first kappa shape index (κ1) is 32.8. The Kier molecular flexibility index (Phi) is 11.8. The molecule has 3 aromatic carbocycles. The Balaban J connectivity index is 1.31. The molecule has 2 N–H and O–H groups in total. The predicted octanol–water partition coefficient (Wildman–Crippen LogP) is 6.23. The zero-order valence-electron chi connectivity index (χ0n) is 26.5. The summed E-state index contributed by atoms with van der Waals surface area (Å²) in [5.41, 5.74) is 5.91. The van der Waals surface area contributed by atoms with E-state index in [-0.39, 0.29) is 24.7 Å². The van der Waals surface area contributed by atoms with Crippen LogP contribution >= 0.6 is 0 Å². The van der Waals surface area contributed by atoms with Crippen LogP contribution in [0.4, 0.5) is 0 Å². The van der Waals surface area contributed by atoms with Crippen LogP contribution in [0.5, 0.6) is 0 Å². The second-order valence-corrected chi connectivity index (χ2v) is 12.2. The van der Waals surface area contributed by atoms with Gasteiger partial charge in [0.05, 0.1) is 18.8 Å². The maximum Gasteiger partial charge on any atom is 0.303 e. The first-order chi connectivity index (χ1) is 21.9. The van der Waals surface area contributed by atoms with Crippen molar-refractivity contribution in [1.29, 1.82) is 0 Å². The number of aliphatic hydroxyl groups is 1. The minimum Gasteiger partial charge on any atom is -0.453 e. The highest BCUT2D eigenvalue weighted by Crippen LogP contribution is 2.39. The van der Waals surface area contributed by atoms with Gasteiger partial charge in [-0.2, -0.15) is 0 Å². The number of benzene rings is 3. The third kappa shape index (κ3) is 9.23. The predicted molar refractivity (Wildman–Crippen MR) is 173 cm³/mol. The van der Waals surface area contributed by atoms with E-state index in [0.717, 1.165) is 59.4 Å². The van der Waals surface area contributed by atoms with Gasteiger partial charge in [0.25, 0.3) is 5.91 Å². The summed E-state index contributed by atoms with van der Waals surface area (Å²) in [6.45, 7) is 6.29. The van der Waals surface area contributed by atoms with Gasteiger partial charge in [-0.1, -0.05) is 92.1 Å². The lowest BCUT2D eigenvalue weighted by Gasteiger charge is -2.39. The van der Waals surface area contributed by atoms with Crippen LogP contribution in [0.1, 0.15) is 87.0 Å². The molecule has 0 saturated carbocycles. The number of carbonyl (C=O) groups is 2. The van der Waals surface area contributed by atoms with Crippen molar-refractivity contribution in [2.75, 3.05) is 19.6 Å². The van der Waals surface area contributed by atoms with Crippen molar-refractivity contribution in [3.05, 3.63) is 95.1 Å². The van der Waals surface area contributed by atoms with Gasteiger partial charge >= 0.3 is 5.97 Å². The average molecular weight is 615 g/mol. The van der Waals surface area contributed by atoms with Gasteiger partial charge in [-0.3, -0.25) is 9.59 Å². The topological polar surface area (TPSA) is 97.3 Å². The number of nitrogens with one attached hydrogen (secondary N) is 1. The fraction of sp³-hybridized carbons (Fsp3) is 0.459. The first-order valence-corrected chi connectivity index (χ1v) is 16.3. The molecule has 2 saturated heterocycles. The van der Waals surface area contributed by atoms with Crippen molar-refractivity contribution < 1.29 is 28.9 Å². The second kappa shape index (κ2) is 16.1. The summed E-state index contributed by atoms with van der Waals surface area (Å²) >= 11 is 0. The quantitative estimate of drug-likeness (QED) is 0.262. The minimum absolute atomic E-state index is 0.0182. The highest BCUT2D eigenvalue weighted by atomic mass is 16.7. The lowest BCUT2D eigenvalue weighted by Crippen LogP contribution is -2.40. The van der Waals surface area contributed by atoms with Gasteiger partial charge in [0, 0.05) is 32.0 Å². The second-order valence-electron chi connectivity index (χ2n) is 12.2. The number of hydrogen-bond acceptors (Lipinski definition) is 7. The highest BCUT2D eigenvalue weighted by Gasteiger charge is 2.33. The number of nitrogens with zero attached hydrogens (tertiary/aromatic N) is 1. The molecule has 4 atom stereocenters. The normalized spacial score (nSPS) is 21.7. The van der Waals surface area contributed by atoms with E-state index in [1.807, 2.05) is 36.4 Å². The third-order valence-electron chi connectivity index (χ3n) is 8.70. The summed E-state index contributed by atoms with van der Waals surface area (Å²) in [7, 11) is 0. The Morgan fingerprint density at radius 3 is 2.27 bits per heavy atom. The van der Waals surface area contributed by atoms with Crippen LogP contribution in [0.25, 0.3) is 11.1 Å². The van der Waals surface area contributed by atoms with Gasteiger partial charge in [0.1, 0.15) is 0 Å². The fourth-order valence-corrected chi connectivity index (χ4v) is 6.22. The van der Waals surface area contributed by atoms with Crippen LogP contribution in [-0.2, 0) is 37.0 Å².